The highest BCUT2D eigenvalue weighted by atomic mass is 32.2. The molecule has 1 aliphatic heterocycles. The smallest absolute Gasteiger partial charge is 0.302 e. The molecule has 2 rings (SSSR count). The quantitative estimate of drug-likeness (QED) is 0.476. The van der Waals surface area contributed by atoms with Crippen LogP contribution in [-0.4, -0.2) is 49.6 Å². The molecular formula is C20H27NO5S. The van der Waals surface area contributed by atoms with Crippen molar-refractivity contribution in [3.8, 4) is 0 Å². The van der Waals surface area contributed by atoms with Crippen molar-refractivity contribution in [2.75, 3.05) is 13.1 Å². The van der Waals surface area contributed by atoms with Crippen LogP contribution in [0.15, 0.2) is 47.9 Å². The van der Waals surface area contributed by atoms with Gasteiger partial charge in [-0.15, -0.1) is 6.58 Å². The van der Waals surface area contributed by atoms with Crippen molar-refractivity contribution in [3.63, 3.8) is 0 Å². The zero-order chi connectivity index (χ0) is 19.9. The van der Waals surface area contributed by atoms with Gasteiger partial charge in [-0.3, -0.25) is 9.59 Å². The van der Waals surface area contributed by atoms with Crippen LogP contribution in [0.4, 0.5) is 0 Å². The molecule has 7 heteroatoms. The lowest BCUT2D eigenvalue weighted by molar-refractivity contribution is -0.147. The maximum atomic E-state index is 13.1. The van der Waals surface area contributed by atoms with Gasteiger partial charge in [0, 0.05) is 26.4 Å². The Morgan fingerprint density at radius 1 is 1.22 bits per heavy atom. The second kappa shape index (κ2) is 9.69. The Morgan fingerprint density at radius 3 is 2.41 bits per heavy atom. The predicted molar refractivity (Wildman–Crippen MR) is 103 cm³/mol. The van der Waals surface area contributed by atoms with Crippen LogP contribution < -0.4 is 0 Å². The lowest BCUT2D eigenvalue weighted by Gasteiger charge is -2.26. The van der Waals surface area contributed by atoms with Crippen LogP contribution in [0, 0.1) is 0 Å². The number of allylic oxidation sites excluding steroid dienone is 1. The van der Waals surface area contributed by atoms with Crippen LogP contribution in [0.25, 0.3) is 0 Å². The van der Waals surface area contributed by atoms with Gasteiger partial charge in [-0.2, -0.15) is 0 Å². The molecule has 1 saturated heterocycles. The summed E-state index contributed by atoms with van der Waals surface area (Å²) in [6, 6.07) is 8.07. The molecule has 0 aliphatic carbocycles. The summed E-state index contributed by atoms with van der Waals surface area (Å²) in [4.78, 5) is 25.9. The molecule has 0 bridgehead atoms. The minimum Gasteiger partial charge on any atom is -0.461 e. The first kappa shape index (κ1) is 21.2. The molecule has 148 valence electrons. The van der Waals surface area contributed by atoms with Crippen LogP contribution in [-0.2, 0) is 24.2 Å². The summed E-state index contributed by atoms with van der Waals surface area (Å²) in [6.45, 7) is 6.36. The number of carbonyl (C=O) groups is 2. The van der Waals surface area contributed by atoms with Crippen LogP contribution in [0.2, 0.25) is 0 Å². The van der Waals surface area contributed by atoms with E-state index in [4.69, 9.17) is 4.74 Å². The maximum Gasteiger partial charge on any atom is 0.302 e. The van der Waals surface area contributed by atoms with Crippen molar-refractivity contribution in [2.24, 2.45) is 0 Å². The third kappa shape index (κ3) is 5.66. The van der Waals surface area contributed by atoms with Crippen LogP contribution in [0.5, 0.6) is 0 Å². The average molecular weight is 394 g/mol. The summed E-state index contributed by atoms with van der Waals surface area (Å²) in [5.74, 6) is -0.593. The molecule has 1 aliphatic rings. The molecule has 0 spiro atoms. The van der Waals surface area contributed by atoms with E-state index in [1.807, 2.05) is 0 Å². The fourth-order valence-corrected chi connectivity index (χ4v) is 5.22. The monoisotopic (exact) mass is 393 g/mol. The summed E-state index contributed by atoms with van der Waals surface area (Å²) in [5.41, 5.74) is 0. The van der Waals surface area contributed by atoms with Crippen LogP contribution in [0.1, 0.15) is 39.0 Å². The molecule has 0 saturated carbocycles. The molecule has 2 atom stereocenters. The average Bonchev–Trinajstić information content (AvgIpc) is 3.18. The van der Waals surface area contributed by atoms with Gasteiger partial charge in [0.25, 0.3) is 0 Å². The van der Waals surface area contributed by atoms with E-state index >= 15 is 0 Å². The number of amides is 1. The highest BCUT2D eigenvalue weighted by Crippen LogP contribution is 2.26. The Hall–Kier alpha value is -2.15. The first-order valence-electron chi connectivity index (χ1n) is 9.21. The van der Waals surface area contributed by atoms with E-state index < -0.39 is 27.2 Å². The van der Waals surface area contributed by atoms with Crippen molar-refractivity contribution >= 4 is 21.7 Å². The zero-order valence-corrected chi connectivity index (χ0v) is 16.5. The van der Waals surface area contributed by atoms with E-state index in [1.54, 1.807) is 23.1 Å². The molecule has 1 aromatic rings. The minimum absolute atomic E-state index is 0.0286. The van der Waals surface area contributed by atoms with E-state index in [0.29, 0.717) is 0 Å². The molecule has 6 nitrogen and oxygen atoms in total. The number of hydrogen-bond donors (Lipinski definition) is 0. The number of likely N-dealkylation sites (tertiary alicyclic amines) is 1. The van der Waals surface area contributed by atoms with Crippen molar-refractivity contribution < 1.29 is 22.7 Å². The van der Waals surface area contributed by atoms with Gasteiger partial charge in [0.2, 0.25) is 5.91 Å². The molecule has 27 heavy (non-hydrogen) atoms. The second-order valence-corrected chi connectivity index (χ2v) is 8.86. The summed E-state index contributed by atoms with van der Waals surface area (Å²) in [6.07, 6.45) is 3.02. The molecule has 0 aromatic heterocycles. The Bertz CT molecular complexity index is 754. The van der Waals surface area contributed by atoms with Crippen molar-refractivity contribution in [3.05, 3.63) is 43.0 Å². The third-order valence-corrected chi connectivity index (χ3v) is 6.93. The molecule has 1 aromatic carbocycles. The van der Waals surface area contributed by atoms with Gasteiger partial charge in [-0.25, -0.2) is 8.42 Å². The van der Waals surface area contributed by atoms with Gasteiger partial charge >= 0.3 is 5.97 Å². The first-order chi connectivity index (χ1) is 12.9. The predicted octanol–water partition coefficient (Wildman–Crippen LogP) is 2.74. The number of hydrogen-bond acceptors (Lipinski definition) is 5. The zero-order valence-electron chi connectivity index (χ0n) is 15.7. The Kier molecular flexibility index (Phi) is 7.59. The van der Waals surface area contributed by atoms with E-state index in [1.165, 1.54) is 25.1 Å². The lowest BCUT2D eigenvalue weighted by atomic mass is 10.1. The SMILES string of the molecule is C=CCC(C(CCC(=O)N1CCCC1)OC(C)=O)S(=O)(=O)c1ccccc1. The summed E-state index contributed by atoms with van der Waals surface area (Å²) in [5, 5.41) is -0.979. The lowest BCUT2D eigenvalue weighted by Crippen LogP contribution is -2.38. The molecule has 2 unspecified atom stereocenters. The summed E-state index contributed by atoms with van der Waals surface area (Å²) < 4.78 is 31.6. The Balaban J connectivity index is 2.22. The summed E-state index contributed by atoms with van der Waals surface area (Å²) >= 11 is 0. The van der Waals surface area contributed by atoms with E-state index in [0.717, 1.165) is 25.9 Å². The van der Waals surface area contributed by atoms with Crippen molar-refractivity contribution in [1.29, 1.82) is 0 Å². The molecule has 0 radical (unpaired) electrons. The molecule has 1 fully saturated rings. The fraction of sp³-hybridized carbons (Fsp3) is 0.500. The molecule has 1 amide bonds. The number of sulfone groups is 1. The third-order valence-electron chi connectivity index (χ3n) is 4.70. The van der Waals surface area contributed by atoms with E-state index in [-0.39, 0.29) is 30.1 Å². The number of ether oxygens (including phenoxy) is 1. The standard InChI is InChI=1S/C20H27NO5S/c1-3-9-19(27(24,25)17-10-5-4-6-11-17)18(26-16(2)22)12-13-20(23)21-14-7-8-15-21/h3-6,10-11,18-19H,1,7-9,12-15H2,2H3. The minimum atomic E-state index is -3.75. The Morgan fingerprint density at radius 2 is 1.85 bits per heavy atom. The number of carbonyl (C=O) groups excluding carboxylic acids is 2. The normalized spacial score (nSPS) is 16.6. The van der Waals surface area contributed by atoms with Crippen LogP contribution in [0.3, 0.4) is 0 Å². The van der Waals surface area contributed by atoms with Gasteiger partial charge in [0.05, 0.1) is 4.90 Å². The van der Waals surface area contributed by atoms with Gasteiger partial charge in [-0.1, -0.05) is 24.3 Å². The highest BCUT2D eigenvalue weighted by Gasteiger charge is 2.36. The van der Waals surface area contributed by atoms with Crippen LogP contribution >= 0.6 is 0 Å². The largest absolute Gasteiger partial charge is 0.461 e. The number of benzene rings is 1. The van der Waals surface area contributed by atoms with Crippen molar-refractivity contribution in [2.45, 2.75) is 55.3 Å². The molecule has 0 N–H and O–H groups in total. The summed E-state index contributed by atoms with van der Waals surface area (Å²) in [7, 11) is -3.75. The number of rotatable bonds is 9. The maximum absolute atomic E-state index is 13.1. The van der Waals surface area contributed by atoms with E-state index in [2.05, 4.69) is 6.58 Å². The molecule has 1 heterocycles. The first-order valence-corrected chi connectivity index (χ1v) is 10.8. The highest BCUT2D eigenvalue weighted by molar-refractivity contribution is 7.92. The van der Waals surface area contributed by atoms with Gasteiger partial charge in [-0.05, 0) is 37.8 Å². The number of nitrogens with zero attached hydrogens (tertiary/aromatic N) is 1. The van der Waals surface area contributed by atoms with Gasteiger partial charge < -0.3 is 9.64 Å². The van der Waals surface area contributed by atoms with Gasteiger partial charge in [0.15, 0.2) is 9.84 Å². The topological polar surface area (TPSA) is 80.8 Å². The van der Waals surface area contributed by atoms with Gasteiger partial charge in [0.1, 0.15) is 11.4 Å². The fourth-order valence-electron chi connectivity index (χ4n) is 3.35. The molecular weight excluding hydrogens is 366 g/mol. The second-order valence-electron chi connectivity index (χ2n) is 6.70. The van der Waals surface area contributed by atoms with Crippen molar-refractivity contribution in [1.82, 2.24) is 4.90 Å². The van der Waals surface area contributed by atoms with E-state index in [9.17, 15) is 18.0 Å². The number of esters is 1. The Labute approximate surface area is 161 Å².